The molecular formula is C97H108F3N7O24S6. The first-order valence-corrected chi connectivity index (χ1v) is 51.0. The molecular weight excluding hydrogens is 1900 g/mol. The summed E-state index contributed by atoms with van der Waals surface area (Å²) < 4.78 is 67.0. The van der Waals surface area contributed by atoms with Gasteiger partial charge in [0.25, 0.3) is 27.1 Å². The standard InChI is InChI=1S/C39H44FN3O9S2.C37H42FN3O8S2.C21H22FNO7S2/c1-26(2)37-36(39(48)41-30-11-7-4-8-12-30)35(27-9-5-3-6-10-27)38(28-13-15-29(40)16-14-28)42(37)18-17-31(44)23-32(45)24-33(46)25-34(47)51-19-21-53-54-22-20-52-43(49)50;1-25(2)35-34(37(45)39-29-11-7-4-8-12-29)33(26-9-5-3-6-10-26)36(27-13-15-28(38)16-14-27)40(35)18-17-30(42)23-31(43)24-32(44)48-19-21-50-51-22-20-49-41(46)47;1-15(17-7-8-18(19(22)13-17)16-5-3-2-4-6-16)21(25)29-14-20(24)28-9-11-31-32-12-10-30-23(26)27/h3-16,26,31-32,44-45H,17-25H2,1-2H3,(H,41,48);3-16,25,30-31,42-43H,17-24H2,1-2H3,(H,39,45);2-8,13,15H,9-12,14H2,1H3/t31-,32-;30-,31-;/m11./s1. The van der Waals surface area contributed by atoms with Crippen molar-refractivity contribution in [1.29, 1.82) is 0 Å². The minimum Gasteiger partial charge on any atom is -0.465 e. The number of hydrogen-bond acceptors (Lipinski definition) is 30. The van der Waals surface area contributed by atoms with Crippen LogP contribution in [0.4, 0.5) is 24.5 Å². The molecule has 5 atom stereocenters. The normalized spacial score (nSPS) is 12.1. The van der Waals surface area contributed by atoms with Crippen molar-refractivity contribution in [2.75, 3.05) is 91.4 Å². The van der Waals surface area contributed by atoms with Gasteiger partial charge in [-0.1, -0.05) is 232 Å². The van der Waals surface area contributed by atoms with E-state index in [-0.39, 0.29) is 115 Å². The van der Waals surface area contributed by atoms with Crippen molar-refractivity contribution in [3.05, 3.63) is 294 Å². The number of nitrogens with one attached hydrogen (secondary N) is 2. The molecule has 0 saturated carbocycles. The molecule has 732 valence electrons. The Morgan fingerprint density at radius 1 is 0.401 bits per heavy atom. The summed E-state index contributed by atoms with van der Waals surface area (Å²) in [5.41, 5.74) is 10.9. The summed E-state index contributed by atoms with van der Waals surface area (Å²) >= 11 is 0. The number of ether oxygens (including phenoxy) is 4. The SMILES string of the molecule is CC(C(=O)OCC(=O)OCCSSCCO[N+](=O)[O-])c1ccc(-c2ccccc2)c(F)c1.CC(C)c1c(C(=O)Nc2ccccc2)c(-c2ccccc2)c(-c2ccc(F)cc2)n1CC[C@@H](O)C[C@@H](O)CC(=O)CC(=O)OCCSSCCO[N+](=O)[O-].CC(C)c1c(C(=O)Nc2ccccc2)c(-c2ccccc2)c(-c2ccc(F)cc2)n1CC[C@@H](O)C[C@@H](O)CC(=O)OCCSSCCO[N+](=O)[O-]. The van der Waals surface area contributed by atoms with Crippen molar-refractivity contribution >= 4 is 118 Å². The number of nitrogens with zero attached hydrogens (tertiary/aromatic N) is 5. The average molecular weight is 2010 g/mol. The highest BCUT2D eigenvalue weighted by molar-refractivity contribution is 8.77. The van der Waals surface area contributed by atoms with Crippen molar-refractivity contribution in [2.24, 2.45) is 0 Å². The molecule has 0 aliphatic carbocycles. The molecule has 31 nitrogen and oxygen atoms in total. The van der Waals surface area contributed by atoms with Crippen LogP contribution in [0.2, 0.25) is 0 Å². The van der Waals surface area contributed by atoms with Gasteiger partial charge in [-0.2, -0.15) is 0 Å². The van der Waals surface area contributed by atoms with Crippen LogP contribution in [0.15, 0.2) is 218 Å². The van der Waals surface area contributed by atoms with Crippen molar-refractivity contribution < 1.29 is 116 Å². The smallest absolute Gasteiger partial charge is 0.344 e. The maximum Gasteiger partial charge on any atom is 0.344 e. The zero-order valence-electron chi connectivity index (χ0n) is 75.7. The fraction of sp³-hybridized carbons (Fsp3) is 0.351. The Balaban J connectivity index is 0.000000261. The third-order valence-corrected chi connectivity index (χ3v) is 27.1. The van der Waals surface area contributed by atoms with E-state index in [0.717, 1.165) is 22.4 Å². The number of Topliss-reactive ketones (excluding diaryl/α,β-unsaturated/α-hetero) is 1. The summed E-state index contributed by atoms with van der Waals surface area (Å²) in [5, 5.41) is 77.2. The van der Waals surface area contributed by atoms with Gasteiger partial charge >= 0.3 is 23.9 Å². The number of carbonyl (C=O) groups is 7. The molecule has 2 amide bonds. The molecule has 0 fully saturated rings. The number of aliphatic hydroxyl groups is 4. The van der Waals surface area contributed by atoms with Gasteiger partial charge in [-0.3, -0.25) is 28.8 Å². The molecule has 0 aliphatic heterocycles. The van der Waals surface area contributed by atoms with E-state index < -0.39 is 106 Å². The molecule has 10 rings (SSSR count). The summed E-state index contributed by atoms with van der Waals surface area (Å²) in [7, 11) is 8.10. The van der Waals surface area contributed by atoms with Gasteiger partial charge in [0, 0.05) is 93.5 Å². The Hall–Kier alpha value is -11.9. The number of hydrogen-bond donors (Lipinski definition) is 6. The largest absolute Gasteiger partial charge is 0.465 e. The van der Waals surface area contributed by atoms with Gasteiger partial charge in [0.2, 0.25) is 0 Å². The number of ketones is 1. The molecule has 0 spiro atoms. The van der Waals surface area contributed by atoms with Crippen LogP contribution in [-0.4, -0.2) is 191 Å². The van der Waals surface area contributed by atoms with E-state index in [1.165, 1.54) is 95.1 Å². The number of amides is 2. The van der Waals surface area contributed by atoms with Gasteiger partial charge in [0.15, 0.2) is 6.61 Å². The van der Waals surface area contributed by atoms with E-state index in [1.54, 1.807) is 67.6 Å². The Morgan fingerprint density at radius 2 is 0.752 bits per heavy atom. The number of anilines is 2. The molecule has 10 aromatic rings. The number of aromatic nitrogens is 2. The molecule has 2 aromatic heterocycles. The van der Waals surface area contributed by atoms with E-state index >= 15 is 0 Å². The first-order chi connectivity index (χ1) is 65.9. The number of carbonyl (C=O) groups excluding carboxylic acids is 7. The third kappa shape index (κ3) is 37.9. The third-order valence-electron chi connectivity index (χ3n) is 20.1. The summed E-state index contributed by atoms with van der Waals surface area (Å²) in [5.74, 6) is -3.65. The number of para-hydroxylation sites is 2. The molecule has 40 heteroatoms. The molecule has 0 radical (unpaired) electrons. The fourth-order valence-corrected chi connectivity index (χ4v) is 19.2. The van der Waals surface area contributed by atoms with Gasteiger partial charge in [-0.15, -0.1) is 30.3 Å². The van der Waals surface area contributed by atoms with Crippen LogP contribution < -0.4 is 10.6 Å². The van der Waals surface area contributed by atoms with E-state index in [2.05, 4.69) is 25.1 Å². The molecule has 0 saturated heterocycles. The van der Waals surface area contributed by atoms with E-state index in [9.17, 15) is 97.5 Å². The van der Waals surface area contributed by atoms with Crippen LogP contribution in [0.1, 0.15) is 135 Å². The highest BCUT2D eigenvalue weighted by atomic mass is 33.1. The zero-order valence-corrected chi connectivity index (χ0v) is 80.6. The van der Waals surface area contributed by atoms with E-state index in [1.807, 2.05) is 164 Å². The molecule has 8 aromatic carbocycles. The Labute approximate surface area is 813 Å². The van der Waals surface area contributed by atoms with E-state index in [0.29, 0.717) is 107 Å². The second-order valence-corrected chi connectivity index (χ2v) is 39.1. The van der Waals surface area contributed by atoms with Crippen LogP contribution in [-0.2, 0) is 70.5 Å². The lowest BCUT2D eigenvalue weighted by Gasteiger charge is -2.20. The Bertz CT molecular complexity index is 5520. The van der Waals surface area contributed by atoms with Crippen LogP contribution in [0.25, 0.3) is 55.9 Å². The summed E-state index contributed by atoms with van der Waals surface area (Å²) in [6.07, 6.45) is -5.45. The first-order valence-electron chi connectivity index (χ1n) is 43.5. The second-order valence-electron chi connectivity index (χ2n) is 31.0. The second kappa shape index (κ2) is 59.3. The average Bonchev–Trinajstić information content (AvgIpc) is 1.59. The topological polar surface area (TPSA) is 428 Å². The lowest BCUT2D eigenvalue weighted by atomic mass is 9.94. The predicted molar refractivity (Wildman–Crippen MR) is 527 cm³/mol. The number of esters is 4. The highest BCUT2D eigenvalue weighted by Gasteiger charge is 2.34. The maximum absolute atomic E-state index is 14.5. The molecule has 1 unspecified atom stereocenters. The Morgan fingerprint density at radius 3 is 1.12 bits per heavy atom. The van der Waals surface area contributed by atoms with Crippen LogP contribution in [0.5, 0.6) is 0 Å². The van der Waals surface area contributed by atoms with Gasteiger partial charge in [0.1, 0.15) is 69.3 Å². The molecule has 2 heterocycles. The molecule has 6 N–H and O–H groups in total. The number of benzene rings is 8. The summed E-state index contributed by atoms with van der Waals surface area (Å²) in [6, 6.07) is 63.0. The predicted octanol–water partition coefficient (Wildman–Crippen LogP) is 19.0. The number of rotatable bonds is 55. The molecule has 0 bridgehead atoms. The molecule has 137 heavy (non-hydrogen) atoms. The molecule has 0 aliphatic rings. The highest BCUT2D eigenvalue weighted by Crippen LogP contribution is 2.46. The van der Waals surface area contributed by atoms with Crippen molar-refractivity contribution in [3.63, 3.8) is 0 Å². The van der Waals surface area contributed by atoms with Gasteiger partial charge < -0.3 is 73.7 Å². The van der Waals surface area contributed by atoms with Gasteiger partial charge in [-0.05, 0) is 157 Å². The quantitative estimate of drug-likeness (QED) is 0.00392. The number of halogens is 3. The first kappa shape index (κ1) is 110. The zero-order chi connectivity index (χ0) is 99.1. The van der Waals surface area contributed by atoms with Gasteiger partial charge in [-0.25, -0.2) is 18.0 Å². The minimum absolute atomic E-state index is 0.0164. The summed E-state index contributed by atoms with van der Waals surface area (Å²) in [6.45, 7) is 9.59. The van der Waals surface area contributed by atoms with Crippen molar-refractivity contribution in [2.45, 2.75) is 135 Å². The summed E-state index contributed by atoms with van der Waals surface area (Å²) in [4.78, 5) is 132. The Kier molecular flexibility index (Phi) is 47.8. The fourth-order valence-electron chi connectivity index (χ4n) is 14.2. The van der Waals surface area contributed by atoms with Gasteiger partial charge in [0.05, 0.1) is 59.3 Å². The van der Waals surface area contributed by atoms with Crippen molar-refractivity contribution in [3.8, 4) is 55.9 Å². The monoisotopic (exact) mass is 2000 g/mol. The number of aliphatic hydroxyl groups excluding tert-OH is 4. The van der Waals surface area contributed by atoms with Crippen molar-refractivity contribution in [1.82, 2.24) is 9.13 Å². The maximum atomic E-state index is 14.5. The minimum atomic E-state index is -1.22. The lowest BCUT2D eigenvalue weighted by molar-refractivity contribution is -0.756. The van der Waals surface area contributed by atoms with Crippen LogP contribution in [0, 0.1) is 47.8 Å². The van der Waals surface area contributed by atoms with Crippen LogP contribution >= 0.6 is 64.8 Å². The van der Waals surface area contributed by atoms with Crippen LogP contribution in [0.3, 0.4) is 0 Å². The lowest BCUT2D eigenvalue weighted by Crippen LogP contribution is -2.24. The van der Waals surface area contributed by atoms with E-state index in [4.69, 9.17) is 18.9 Å².